The molecule has 0 aliphatic carbocycles. The van der Waals surface area contributed by atoms with Gasteiger partial charge in [0.1, 0.15) is 0 Å². The Bertz CT molecular complexity index is 78.1. The van der Waals surface area contributed by atoms with Gasteiger partial charge in [0.05, 0.1) is 9.68 Å². The number of rotatable bonds is 7. The zero-order chi connectivity index (χ0) is 8.53. The molecule has 68 valence electrons. The quantitative estimate of drug-likeness (QED) is 0.302. The van der Waals surface area contributed by atoms with E-state index < -0.39 is 0 Å². The van der Waals surface area contributed by atoms with Crippen LogP contribution in [0.4, 0.5) is 0 Å². The van der Waals surface area contributed by atoms with Gasteiger partial charge in [-0.2, -0.15) is 0 Å². The summed E-state index contributed by atoms with van der Waals surface area (Å²) < 4.78 is 0. The average molecular weight is 175 g/mol. The zero-order valence-electron chi connectivity index (χ0n) is 7.98. The summed E-state index contributed by atoms with van der Waals surface area (Å²) in [6, 6.07) is 1.36. The predicted molar refractivity (Wildman–Crippen MR) is 53.6 cm³/mol. The van der Waals surface area contributed by atoms with E-state index in [-0.39, 0.29) is 9.68 Å². The van der Waals surface area contributed by atoms with Crippen LogP contribution in [0, 0.1) is 0 Å². The molecule has 4 heteroatoms. The Morgan fingerprint density at radius 3 is 2.64 bits per heavy atom. The molecule has 0 aliphatic heterocycles. The van der Waals surface area contributed by atoms with Crippen molar-refractivity contribution in [2.75, 3.05) is 33.9 Å². The van der Waals surface area contributed by atoms with Crippen LogP contribution >= 0.6 is 0 Å². The van der Waals surface area contributed by atoms with Crippen molar-refractivity contribution < 1.29 is 0 Å². The van der Waals surface area contributed by atoms with Crippen LogP contribution in [0.5, 0.6) is 0 Å². The molecule has 0 heterocycles. The highest BCUT2D eigenvalue weighted by atomic mass is 28.2. The molecular formula is C7H21N3Si. The monoisotopic (exact) mass is 175 g/mol. The minimum Gasteiger partial charge on any atom is -0.331 e. The molecular weight excluding hydrogens is 154 g/mol. The number of nitrogens with zero attached hydrogens (tertiary/aromatic N) is 1. The van der Waals surface area contributed by atoms with Crippen LogP contribution in [0.25, 0.3) is 0 Å². The molecule has 0 amide bonds. The van der Waals surface area contributed by atoms with Crippen molar-refractivity contribution in [1.29, 1.82) is 0 Å². The normalized spacial score (nSPS) is 12.0. The maximum absolute atomic E-state index is 3.44. The van der Waals surface area contributed by atoms with Gasteiger partial charge in [-0.25, -0.2) is 0 Å². The Morgan fingerprint density at radius 1 is 1.36 bits per heavy atom. The summed E-state index contributed by atoms with van der Waals surface area (Å²) in [6.45, 7) is 5.42. The van der Waals surface area contributed by atoms with Gasteiger partial charge in [-0.05, 0) is 33.2 Å². The summed E-state index contributed by atoms with van der Waals surface area (Å²) in [5.41, 5.74) is 0. The van der Waals surface area contributed by atoms with E-state index in [0.29, 0.717) is 0 Å². The largest absolute Gasteiger partial charge is 0.331 e. The molecule has 0 aliphatic rings. The van der Waals surface area contributed by atoms with Crippen molar-refractivity contribution in [2.24, 2.45) is 0 Å². The molecule has 0 unspecified atom stereocenters. The first-order valence-electron chi connectivity index (χ1n) is 4.33. The molecule has 0 rings (SSSR count). The molecule has 0 saturated heterocycles. The van der Waals surface area contributed by atoms with Crippen LogP contribution in [0.3, 0.4) is 0 Å². The maximum Gasteiger partial charge on any atom is 0.0943 e. The lowest BCUT2D eigenvalue weighted by atomic mass is 10.7. The Labute approximate surface area is 72.4 Å². The third-order valence-electron chi connectivity index (χ3n) is 1.46. The summed E-state index contributed by atoms with van der Waals surface area (Å²) in [4.78, 5) is 5.68. The van der Waals surface area contributed by atoms with E-state index in [1.807, 2.05) is 0 Å². The lowest BCUT2D eigenvalue weighted by molar-refractivity contribution is 0.432. The minimum atomic E-state index is -0.00597. The Balaban J connectivity index is 2.80. The summed E-state index contributed by atoms with van der Waals surface area (Å²) in [5.74, 6) is 0. The van der Waals surface area contributed by atoms with Crippen molar-refractivity contribution in [3.8, 4) is 0 Å². The molecule has 3 nitrogen and oxygen atoms in total. The average Bonchev–Trinajstić information content (AvgIpc) is 1.96. The van der Waals surface area contributed by atoms with E-state index in [4.69, 9.17) is 0 Å². The van der Waals surface area contributed by atoms with Crippen molar-refractivity contribution in [3.63, 3.8) is 0 Å². The topological polar surface area (TPSA) is 27.3 Å². The van der Waals surface area contributed by atoms with Gasteiger partial charge in [-0.3, -0.25) is 0 Å². The fourth-order valence-corrected chi connectivity index (χ4v) is 2.22. The first-order valence-corrected chi connectivity index (χ1v) is 6.04. The Kier molecular flexibility index (Phi) is 8.27. The second kappa shape index (κ2) is 8.20. The standard InChI is InChI=1S/C7H21N3Si/c1-4-8-7-9-11-6-5-10(2)3/h8-9H,4-7,11H2,1-3H3. The first kappa shape index (κ1) is 11.1. The van der Waals surface area contributed by atoms with Crippen LogP contribution < -0.4 is 10.3 Å². The fraction of sp³-hybridized carbons (Fsp3) is 1.00. The van der Waals surface area contributed by atoms with Crippen LogP contribution in [-0.2, 0) is 0 Å². The third kappa shape index (κ3) is 10.1. The molecule has 0 fully saturated rings. The first-order chi connectivity index (χ1) is 5.27. The minimum absolute atomic E-state index is 0.00597. The van der Waals surface area contributed by atoms with Gasteiger partial charge in [0.2, 0.25) is 0 Å². The lowest BCUT2D eigenvalue weighted by Gasteiger charge is -2.09. The van der Waals surface area contributed by atoms with E-state index in [9.17, 15) is 0 Å². The highest BCUT2D eigenvalue weighted by Gasteiger charge is 1.89. The van der Waals surface area contributed by atoms with Crippen molar-refractivity contribution in [2.45, 2.75) is 13.0 Å². The van der Waals surface area contributed by atoms with E-state index >= 15 is 0 Å². The molecule has 0 aromatic heterocycles. The van der Waals surface area contributed by atoms with E-state index in [2.05, 4.69) is 36.2 Å². The van der Waals surface area contributed by atoms with Gasteiger partial charge >= 0.3 is 0 Å². The van der Waals surface area contributed by atoms with Gasteiger partial charge in [0.25, 0.3) is 0 Å². The number of hydrogen-bond acceptors (Lipinski definition) is 3. The summed E-state index contributed by atoms with van der Waals surface area (Å²) in [7, 11) is 4.24. The molecule has 0 spiro atoms. The molecule has 0 radical (unpaired) electrons. The molecule has 0 atom stereocenters. The highest BCUT2D eigenvalue weighted by Crippen LogP contribution is 1.78. The van der Waals surface area contributed by atoms with Crippen LogP contribution in [0.2, 0.25) is 6.04 Å². The summed E-state index contributed by atoms with van der Waals surface area (Å²) in [5, 5.41) is 3.25. The molecule has 0 saturated carbocycles. The van der Waals surface area contributed by atoms with Gasteiger partial charge in [0.15, 0.2) is 0 Å². The van der Waals surface area contributed by atoms with E-state index in [1.54, 1.807) is 0 Å². The van der Waals surface area contributed by atoms with Crippen LogP contribution in [0.1, 0.15) is 6.92 Å². The van der Waals surface area contributed by atoms with Crippen molar-refractivity contribution in [1.82, 2.24) is 15.2 Å². The Hall–Kier alpha value is 0.0969. The van der Waals surface area contributed by atoms with Gasteiger partial charge in [-0.1, -0.05) is 6.92 Å². The third-order valence-corrected chi connectivity index (χ3v) is 2.73. The van der Waals surface area contributed by atoms with Crippen LogP contribution in [-0.4, -0.2) is 48.4 Å². The maximum atomic E-state index is 3.44. The van der Waals surface area contributed by atoms with Crippen molar-refractivity contribution >= 4 is 9.68 Å². The summed E-state index contributed by atoms with van der Waals surface area (Å²) >= 11 is 0. The zero-order valence-corrected chi connectivity index (χ0v) is 9.40. The van der Waals surface area contributed by atoms with Gasteiger partial charge in [-0.15, -0.1) is 0 Å². The second-order valence-electron chi connectivity index (χ2n) is 2.94. The molecule has 2 N–H and O–H groups in total. The predicted octanol–water partition coefficient (Wildman–Crippen LogP) is -0.793. The van der Waals surface area contributed by atoms with Gasteiger partial charge < -0.3 is 15.2 Å². The molecule has 0 aromatic rings. The Morgan fingerprint density at radius 2 is 2.09 bits per heavy atom. The fourth-order valence-electron chi connectivity index (χ4n) is 0.822. The second-order valence-corrected chi connectivity index (χ2v) is 4.64. The smallest absolute Gasteiger partial charge is 0.0943 e. The summed E-state index contributed by atoms with van der Waals surface area (Å²) in [6.07, 6.45) is 0. The molecule has 0 aromatic carbocycles. The number of nitrogens with one attached hydrogen (secondary N) is 2. The lowest BCUT2D eigenvalue weighted by Crippen LogP contribution is -2.32. The number of hydrogen-bond donors (Lipinski definition) is 2. The van der Waals surface area contributed by atoms with Crippen LogP contribution in [0.15, 0.2) is 0 Å². The van der Waals surface area contributed by atoms with Gasteiger partial charge in [0, 0.05) is 6.67 Å². The molecule has 11 heavy (non-hydrogen) atoms. The van der Waals surface area contributed by atoms with E-state index in [0.717, 1.165) is 13.2 Å². The molecule has 0 bridgehead atoms. The highest BCUT2D eigenvalue weighted by molar-refractivity contribution is 6.32. The van der Waals surface area contributed by atoms with E-state index in [1.165, 1.54) is 12.6 Å². The van der Waals surface area contributed by atoms with Crippen molar-refractivity contribution in [3.05, 3.63) is 0 Å². The SMILES string of the molecule is CCNCN[SiH2]CCN(C)C.